The van der Waals surface area contributed by atoms with Gasteiger partial charge in [-0.25, -0.2) is 28.1 Å². The van der Waals surface area contributed by atoms with E-state index in [2.05, 4.69) is 0 Å². The van der Waals surface area contributed by atoms with Crippen LogP contribution in [0, 0.1) is 0 Å². The van der Waals surface area contributed by atoms with Crippen molar-refractivity contribution in [1.29, 1.82) is 0 Å². The summed E-state index contributed by atoms with van der Waals surface area (Å²) in [6.07, 6.45) is 1.37. The Labute approximate surface area is 99.1 Å². The van der Waals surface area contributed by atoms with Crippen molar-refractivity contribution < 1.29 is 0 Å². The molecule has 0 radical (unpaired) electrons. The number of rotatable bonds is 5. The number of hydrogen-bond acceptors (Lipinski definition) is 3. The van der Waals surface area contributed by atoms with E-state index in [1.165, 1.54) is 0 Å². The van der Waals surface area contributed by atoms with E-state index >= 15 is 0 Å². The van der Waals surface area contributed by atoms with Crippen LogP contribution < -0.4 is 17.1 Å². The fourth-order valence-corrected chi connectivity index (χ4v) is 1.78. The molecule has 6 heteroatoms. The molecule has 1 heterocycles. The third kappa shape index (κ3) is 2.40. The van der Waals surface area contributed by atoms with E-state index in [0.29, 0.717) is 25.9 Å². The summed E-state index contributed by atoms with van der Waals surface area (Å²) >= 11 is 0. The van der Waals surface area contributed by atoms with Crippen LogP contribution in [-0.2, 0) is 19.6 Å². The van der Waals surface area contributed by atoms with E-state index < -0.39 is 17.1 Å². The van der Waals surface area contributed by atoms with Crippen molar-refractivity contribution in [2.24, 2.45) is 0 Å². The molecule has 6 nitrogen and oxygen atoms in total. The Morgan fingerprint density at radius 3 is 1.35 bits per heavy atom. The first-order valence-electron chi connectivity index (χ1n) is 6.02. The second kappa shape index (κ2) is 5.65. The quantitative estimate of drug-likeness (QED) is 0.729. The molecule has 0 aliphatic rings. The van der Waals surface area contributed by atoms with Crippen molar-refractivity contribution in [2.75, 3.05) is 0 Å². The van der Waals surface area contributed by atoms with Gasteiger partial charge in [0.2, 0.25) is 0 Å². The Morgan fingerprint density at radius 1 is 0.706 bits per heavy atom. The SMILES string of the molecule is CCCn1c(=O)n(CC)c(=O)n(CCC)c1=O. The molecule has 0 aliphatic carbocycles. The van der Waals surface area contributed by atoms with Gasteiger partial charge in [-0.1, -0.05) is 13.8 Å². The smallest absolute Gasteiger partial charge is 0.247 e. The molecule has 0 N–H and O–H groups in total. The van der Waals surface area contributed by atoms with E-state index in [0.717, 1.165) is 13.7 Å². The molecular formula is C11H19N3O3. The topological polar surface area (TPSA) is 66.0 Å². The average Bonchev–Trinajstić information content (AvgIpc) is 2.31. The Hall–Kier alpha value is -1.59. The molecule has 0 spiro atoms. The van der Waals surface area contributed by atoms with Gasteiger partial charge in [0.25, 0.3) is 0 Å². The van der Waals surface area contributed by atoms with Gasteiger partial charge < -0.3 is 0 Å². The van der Waals surface area contributed by atoms with E-state index in [1.54, 1.807) is 6.92 Å². The van der Waals surface area contributed by atoms with Crippen molar-refractivity contribution in [1.82, 2.24) is 13.7 Å². The summed E-state index contributed by atoms with van der Waals surface area (Å²) in [6, 6.07) is 0. The van der Waals surface area contributed by atoms with Crippen molar-refractivity contribution >= 4 is 0 Å². The molecule has 1 rings (SSSR count). The maximum absolute atomic E-state index is 12.0. The van der Waals surface area contributed by atoms with Crippen molar-refractivity contribution in [3.8, 4) is 0 Å². The molecule has 0 aliphatic heterocycles. The van der Waals surface area contributed by atoms with Gasteiger partial charge in [-0.15, -0.1) is 0 Å². The second-order valence-electron chi connectivity index (χ2n) is 3.90. The molecule has 0 saturated heterocycles. The minimum absolute atomic E-state index is 0.283. The first kappa shape index (κ1) is 13.5. The molecule has 1 aromatic rings. The van der Waals surface area contributed by atoms with Crippen LogP contribution in [0.5, 0.6) is 0 Å². The van der Waals surface area contributed by atoms with Gasteiger partial charge in [0, 0.05) is 19.6 Å². The molecular weight excluding hydrogens is 222 g/mol. The van der Waals surface area contributed by atoms with E-state index in [4.69, 9.17) is 0 Å². The van der Waals surface area contributed by atoms with Crippen LogP contribution in [0.3, 0.4) is 0 Å². The van der Waals surface area contributed by atoms with E-state index in [9.17, 15) is 14.4 Å². The lowest BCUT2D eigenvalue weighted by Gasteiger charge is -2.11. The van der Waals surface area contributed by atoms with Crippen molar-refractivity contribution in [2.45, 2.75) is 53.2 Å². The fourth-order valence-electron chi connectivity index (χ4n) is 1.78. The molecule has 0 fully saturated rings. The maximum atomic E-state index is 12.0. The molecule has 0 amide bonds. The predicted molar refractivity (Wildman–Crippen MR) is 65.5 cm³/mol. The van der Waals surface area contributed by atoms with Gasteiger partial charge in [0.1, 0.15) is 0 Å². The Bertz CT molecular complexity index is 506. The van der Waals surface area contributed by atoms with E-state index in [-0.39, 0.29) is 6.54 Å². The van der Waals surface area contributed by atoms with Crippen LogP contribution in [0.25, 0.3) is 0 Å². The van der Waals surface area contributed by atoms with Gasteiger partial charge >= 0.3 is 17.1 Å². The van der Waals surface area contributed by atoms with E-state index in [1.807, 2.05) is 13.8 Å². The van der Waals surface area contributed by atoms with Crippen LogP contribution in [0.15, 0.2) is 14.4 Å². The molecule has 0 bridgehead atoms. The van der Waals surface area contributed by atoms with Crippen LogP contribution in [0.4, 0.5) is 0 Å². The number of aromatic nitrogens is 3. The highest BCUT2D eigenvalue weighted by Crippen LogP contribution is 1.83. The predicted octanol–water partition coefficient (Wildman–Crippen LogP) is 0.0116. The summed E-state index contributed by atoms with van der Waals surface area (Å²) in [5.41, 5.74) is -1.50. The lowest BCUT2D eigenvalue weighted by molar-refractivity contribution is 0.448. The van der Waals surface area contributed by atoms with Crippen molar-refractivity contribution in [3.63, 3.8) is 0 Å². The average molecular weight is 241 g/mol. The van der Waals surface area contributed by atoms with Crippen LogP contribution >= 0.6 is 0 Å². The highest BCUT2D eigenvalue weighted by atomic mass is 16.2. The summed E-state index contributed by atoms with van der Waals surface area (Å²) in [5.74, 6) is 0. The zero-order valence-corrected chi connectivity index (χ0v) is 10.6. The summed E-state index contributed by atoms with van der Waals surface area (Å²) in [6.45, 7) is 6.48. The third-order valence-corrected chi connectivity index (χ3v) is 2.60. The zero-order valence-electron chi connectivity index (χ0n) is 10.6. The van der Waals surface area contributed by atoms with Crippen LogP contribution in [0.2, 0.25) is 0 Å². The first-order valence-corrected chi connectivity index (χ1v) is 6.02. The van der Waals surface area contributed by atoms with Crippen LogP contribution in [-0.4, -0.2) is 13.7 Å². The lowest BCUT2D eigenvalue weighted by Crippen LogP contribution is -2.54. The molecule has 0 unspecified atom stereocenters. The third-order valence-electron chi connectivity index (χ3n) is 2.60. The largest absolute Gasteiger partial charge is 0.336 e. The lowest BCUT2D eigenvalue weighted by atomic mass is 10.4. The second-order valence-corrected chi connectivity index (χ2v) is 3.90. The molecule has 0 saturated carbocycles. The van der Waals surface area contributed by atoms with Gasteiger partial charge in [-0.3, -0.25) is 0 Å². The van der Waals surface area contributed by atoms with Gasteiger partial charge in [-0.05, 0) is 19.8 Å². The normalized spacial score (nSPS) is 10.8. The Morgan fingerprint density at radius 2 is 1.06 bits per heavy atom. The highest BCUT2D eigenvalue weighted by molar-refractivity contribution is 4.78. The molecule has 17 heavy (non-hydrogen) atoms. The summed E-state index contributed by atoms with van der Waals surface area (Å²) < 4.78 is 3.38. The molecule has 1 aromatic heterocycles. The van der Waals surface area contributed by atoms with Crippen molar-refractivity contribution in [3.05, 3.63) is 31.5 Å². The summed E-state index contributed by atoms with van der Waals surface area (Å²) in [4.78, 5) is 35.8. The number of hydrogen-bond donors (Lipinski definition) is 0. The van der Waals surface area contributed by atoms with Crippen LogP contribution in [0.1, 0.15) is 33.6 Å². The maximum Gasteiger partial charge on any atom is 0.336 e. The van der Waals surface area contributed by atoms with Gasteiger partial charge in [-0.2, -0.15) is 0 Å². The monoisotopic (exact) mass is 241 g/mol. The highest BCUT2D eigenvalue weighted by Gasteiger charge is 2.12. The fraction of sp³-hybridized carbons (Fsp3) is 0.727. The Kier molecular flexibility index (Phi) is 4.48. The molecule has 96 valence electrons. The van der Waals surface area contributed by atoms with Gasteiger partial charge in [0.15, 0.2) is 0 Å². The van der Waals surface area contributed by atoms with Gasteiger partial charge in [0.05, 0.1) is 0 Å². The summed E-state index contributed by atoms with van der Waals surface area (Å²) in [7, 11) is 0. The molecule has 0 atom stereocenters. The minimum atomic E-state index is -0.503. The zero-order chi connectivity index (χ0) is 13.0. The molecule has 0 aromatic carbocycles. The first-order chi connectivity index (χ1) is 8.08. The minimum Gasteiger partial charge on any atom is -0.247 e. The standard InChI is InChI=1S/C11H19N3O3/c1-4-7-13-9(15)12(6-3)10(16)14(8-5-2)11(13)17/h4-8H2,1-3H3. The Balaban J connectivity index is 3.64. The summed E-state index contributed by atoms with van der Waals surface area (Å²) in [5, 5.41) is 0. The number of nitrogens with zero attached hydrogens (tertiary/aromatic N) is 3.